The van der Waals surface area contributed by atoms with Gasteiger partial charge >= 0.3 is 5.97 Å². The molecule has 4 nitrogen and oxygen atoms in total. The molecule has 1 fully saturated rings. The van der Waals surface area contributed by atoms with Crippen LogP contribution in [0.1, 0.15) is 59.5 Å². The first-order chi connectivity index (χ1) is 11.6. The molecule has 24 heavy (non-hydrogen) atoms. The molecule has 1 aromatic heterocycles. The molecule has 0 aliphatic heterocycles. The lowest BCUT2D eigenvalue weighted by Gasteiger charge is -2.34. The van der Waals surface area contributed by atoms with Gasteiger partial charge in [0, 0.05) is 12.6 Å². The molecule has 1 heterocycles. The SMILES string of the molecule is Cc1cccc(CN(Cc2ccc(C(=O)O)o2)C2CCCCC2)c1. The topological polar surface area (TPSA) is 53.7 Å². The molecule has 0 atom stereocenters. The third kappa shape index (κ3) is 4.26. The van der Waals surface area contributed by atoms with Gasteiger partial charge in [0.1, 0.15) is 5.76 Å². The molecule has 0 saturated heterocycles. The van der Waals surface area contributed by atoms with Crippen LogP contribution in [0.15, 0.2) is 40.8 Å². The summed E-state index contributed by atoms with van der Waals surface area (Å²) in [7, 11) is 0. The molecule has 0 amide bonds. The van der Waals surface area contributed by atoms with Crippen LogP contribution in [-0.4, -0.2) is 22.0 Å². The monoisotopic (exact) mass is 327 g/mol. The van der Waals surface area contributed by atoms with Crippen molar-refractivity contribution >= 4 is 5.97 Å². The minimum absolute atomic E-state index is 0.0177. The van der Waals surface area contributed by atoms with Crippen molar-refractivity contribution in [1.82, 2.24) is 4.90 Å². The number of benzene rings is 1. The lowest BCUT2D eigenvalue weighted by atomic mass is 9.93. The molecule has 0 radical (unpaired) electrons. The molecule has 2 aromatic rings. The fraction of sp³-hybridized carbons (Fsp3) is 0.450. The van der Waals surface area contributed by atoms with Crippen LogP contribution in [0.5, 0.6) is 0 Å². The van der Waals surface area contributed by atoms with E-state index in [1.807, 2.05) is 0 Å². The maximum atomic E-state index is 11.0. The minimum Gasteiger partial charge on any atom is -0.475 e. The minimum atomic E-state index is -1.01. The molecular weight excluding hydrogens is 302 g/mol. The van der Waals surface area contributed by atoms with Gasteiger partial charge in [-0.3, -0.25) is 4.90 Å². The maximum Gasteiger partial charge on any atom is 0.371 e. The highest BCUT2D eigenvalue weighted by Crippen LogP contribution is 2.26. The van der Waals surface area contributed by atoms with Gasteiger partial charge < -0.3 is 9.52 Å². The Morgan fingerprint density at radius 3 is 2.62 bits per heavy atom. The summed E-state index contributed by atoms with van der Waals surface area (Å²) in [4.78, 5) is 13.5. The molecule has 0 spiro atoms. The number of nitrogens with zero attached hydrogens (tertiary/aromatic N) is 1. The quantitative estimate of drug-likeness (QED) is 0.841. The molecule has 1 aromatic carbocycles. The lowest BCUT2D eigenvalue weighted by molar-refractivity contribution is 0.0655. The Morgan fingerprint density at radius 2 is 1.96 bits per heavy atom. The molecule has 1 aliphatic carbocycles. The van der Waals surface area contributed by atoms with Gasteiger partial charge in [0.05, 0.1) is 6.54 Å². The Morgan fingerprint density at radius 1 is 1.17 bits per heavy atom. The lowest BCUT2D eigenvalue weighted by Crippen LogP contribution is -2.35. The van der Waals surface area contributed by atoms with Crippen molar-refractivity contribution in [2.24, 2.45) is 0 Å². The zero-order chi connectivity index (χ0) is 16.9. The number of carbonyl (C=O) groups is 1. The predicted molar refractivity (Wildman–Crippen MR) is 93.0 cm³/mol. The van der Waals surface area contributed by atoms with Gasteiger partial charge in [0.25, 0.3) is 0 Å². The smallest absolute Gasteiger partial charge is 0.371 e. The van der Waals surface area contributed by atoms with Crippen molar-refractivity contribution in [2.45, 2.75) is 58.2 Å². The van der Waals surface area contributed by atoms with Gasteiger partial charge in [-0.05, 0) is 37.5 Å². The third-order valence-corrected chi connectivity index (χ3v) is 4.79. The van der Waals surface area contributed by atoms with Crippen LogP contribution in [0.4, 0.5) is 0 Å². The molecule has 1 aliphatic rings. The van der Waals surface area contributed by atoms with Crippen LogP contribution in [-0.2, 0) is 13.1 Å². The average molecular weight is 327 g/mol. The van der Waals surface area contributed by atoms with Crippen molar-refractivity contribution in [2.75, 3.05) is 0 Å². The van der Waals surface area contributed by atoms with E-state index in [-0.39, 0.29) is 5.76 Å². The van der Waals surface area contributed by atoms with Gasteiger partial charge in [0.2, 0.25) is 5.76 Å². The zero-order valence-corrected chi connectivity index (χ0v) is 14.2. The summed E-state index contributed by atoms with van der Waals surface area (Å²) in [6.45, 7) is 3.64. The fourth-order valence-electron chi connectivity index (χ4n) is 3.58. The second kappa shape index (κ2) is 7.67. The van der Waals surface area contributed by atoms with E-state index in [0.717, 1.165) is 12.3 Å². The number of hydrogen-bond donors (Lipinski definition) is 1. The van der Waals surface area contributed by atoms with E-state index in [2.05, 4.69) is 36.1 Å². The van der Waals surface area contributed by atoms with Crippen molar-refractivity contribution in [3.05, 3.63) is 59.0 Å². The van der Waals surface area contributed by atoms with Gasteiger partial charge in [-0.2, -0.15) is 0 Å². The second-order valence-electron chi connectivity index (χ2n) is 6.76. The Labute approximate surface area is 143 Å². The van der Waals surface area contributed by atoms with E-state index in [1.165, 1.54) is 43.2 Å². The summed E-state index contributed by atoms with van der Waals surface area (Å²) in [5.41, 5.74) is 2.56. The summed E-state index contributed by atoms with van der Waals surface area (Å²) in [5.74, 6) is -0.265. The molecule has 128 valence electrons. The van der Waals surface area contributed by atoms with Crippen molar-refractivity contribution < 1.29 is 14.3 Å². The summed E-state index contributed by atoms with van der Waals surface area (Å²) < 4.78 is 5.49. The van der Waals surface area contributed by atoms with Crippen LogP contribution in [0.2, 0.25) is 0 Å². The maximum absolute atomic E-state index is 11.0. The van der Waals surface area contributed by atoms with Crippen LogP contribution in [0, 0.1) is 6.92 Å². The number of carboxylic acid groups (broad SMARTS) is 1. The normalized spacial score (nSPS) is 15.8. The third-order valence-electron chi connectivity index (χ3n) is 4.79. The Kier molecular flexibility index (Phi) is 5.36. The number of rotatable bonds is 6. The predicted octanol–water partition coefficient (Wildman–Crippen LogP) is 4.62. The van der Waals surface area contributed by atoms with Gasteiger partial charge in [0.15, 0.2) is 0 Å². The van der Waals surface area contributed by atoms with E-state index < -0.39 is 5.97 Å². The Bertz CT molecular complexity index is 686. The molecule has 1 saturated carbocycles. The van der Waals surface area contributed by atoms with E-state index in [1.54, 1.807) is 12.1 Å². The summed E-state index contributed by atoms with van der Waals surface area (Å²) >= 11 is 0. The molecule has 0 unspecified atom stereocenters. The number of carboxylic acids is 1. The van der Waals surface area contributed by atoms with Crippen LogP contribution in [0.3, 0.4) is 0 Å². The first-order valence-electron chi connectivity index (χ1n) is 8.73. The average Bonchev–Trinajstić information content (AvgIpc) is 3.04. The number of furan rings is 1. The van der Waals surface area contributed by atoms with Crippen molar-refractivity contribution in [3.8, 4) is 0 Å². The van der Waals surface area contributed by atoms with E-state index in [0.29, 0.717) is 12.6 Å². The van der Waals surface area contributed by atoms with Crippen LogP contribution < -0.4 is 0 Å². The number of hydrogen-bond acceptors (Lipinski definition) is 3. The Balaban J connectivity index is 1.76. The number of aryl methyl sites for hydroxylation is 1. The summed E-state index contributed by atoms with van der Waals surface area (Å²) in [6, 6.07) is 12.5. The van der Waals surface area contributed by atoms with Crippen molar-refractivity contribution in [3.63, 3.8) is 0 Å². The molecular formula is C20H25NO3. The molecule has 4 heteroatoms. The van der Waals surface area contributed by atoms with E-state index in [4.69, 9.17) is 9.52 Å². The fourth-order valence-corrected chi connectivity index (χ4v) is 3.58. The van der Waals surface area contributed by atoms with E-state index in [9.17, 15) is 4.79 Å². The highest BCUT2D eigenvalue weighted by atomic mass is 16.4. The molecule has 1 N–H and O–H groups in total. The Hall–Kier alpha value is -2.07. The van der Waals surface area contributed by atoms with Gasteiger partial charge in [-0.15, -0.1) is 0 Å². The first-order valence-corrected chi connectivity index (χ1v) is 8.73. The second-order valence-corrected chi connectivity index (χ2v) is 6.76. The highest BCUT2D eigenvalue weighted by Gasteiger charge is 2.23. The number of aromatic carboxylic acids is 1. The zero-order valence-electron chi connectivity index (χ0n) is 14.2. The highest BCUT2D eigenvalue weighted by molar-refractivity contribution is 5.84. The van der Waals surface area contributed by atoms with E-state index >= 15 is 0 Å². The van der Waals surface area contributed by atoms with Gasteiger partial charge in [-0.25, -0.2) is 4.79 Å². The summed E-state index contributed by atoms with van der Waals surface area (Å²) in [6.07, 6.45) is 6.27. The van der Waals surface area contributed by atoms with Crippen LogP contribution >= 0.6 is 0 Å². The van der Waals surface area contributed by atoms with Crippen molar-refractivity contribution in [1.29, 1.82) is 0 Å². The largest absolute Gasteiger partial charge is 0.475 e. The molecule has 3 rings (SSSR count). The van der Waals surface area contributed by atoms with Gasteiger partial charge in [-0.1, -0.05) is 49.1 Å². The summed E-state index contributed by atoms with van der Waals surface area (Å²) in [5, 5.41) is 9.04. The standard InChI is InChI=1S/C20H25NO3/c1-15-6-5-7-16(12-15)13-21(17-8-3-2-4-9-17)14-18-10-11-19(24-18)20(22)23/h5-7,10-12,17H,2-4,8-9,13-14H2,1H3,(H,22,23). The molecule has 0 bridgehead atoms. The van der Waals surface area contributed by atoms with Crippen LogP contribution in [0.25, 0.3) is 0 Å². The first kappa shape index (κ1) is 16.8.